The maximum atomic E-state index is 13.6. The van der Waals surface area contributed by atoms with E-state index in [-0.39, 0.29) is 0 Å². The molecular weight excluding hydrogens is 248 g/mol. The lowest BCUT2D eigenvalue weighted by Gasteiger charge is -2.11. The van der Waals surface area contributed by atoms with Crippen LogP contribution >= 0.6 is 0 Å². The molecule has 2 rings (SSSR count). The minimum absolute atomic E-state index is 0.348. The Balaban J connectivity index is 2.12. The first-order valence-electron chi connectivity index (χ1n) is 6.22. The molecule has 0 fully saturated rings. The molecule has 0 aliphatic heterocycles. The molecule has 2 aromatic rings. The number of benzene rings is 1. The summed E-state index contributed by atoms with van der Waals surface area (Å²) in [5.74, 6) is -1.09. The molecule has 1 aromatic carbocycles. The Morgan fingerprint density at radius 1 is 1.32 bits per heavy atom. The number of hydrogen-bond acceptors (Lipinski definition) is 2. The molecule has 3 nitrogen and oxygen atoms in total. The molecule has 102 valence electrons. The maximum absolute atomic E-state index is 13.6. The lowest BCUT2D eigenvalue weighted by molar-refractivity contribution is 0.548. The number of hydrogen-bond donors (Lipinski definition) is 1. The molecule has 1 heterocycles. The second-order valence-electron chi connectivity index (χ2n) is 4.78. The summed E-state index contributed by atoms with van der Waals surface area (Å²) in [6, 6.07) is 4.00. The first kappa shape index (κ1) is 13.7. The summed E-state index contributed by atoms with van der Waals surface area (Å²) in [5.41, 5.74) is 1.42. The molecule has 0 saturated heterocycles. The van der Waals surface area contributed by atoms with Gasteiger partial charge in [0.25, 0.3) is 0 Å². The average Bonchev–Trinajstić information content (AvgIpc) is 2.77. The van der Waals surface area contributed by atoms with Crippen molar-refractivity contribution in [2.75, 3.05) is 0 Å². The molecule has 0 aliphatic carbocycles. The maximum Gasteiger partial charge on any atom is 0.131 e. The quantitative estimate of drug-likeness (QED) is 0.900. The highest BCUT2D eigenvalue weighted by Gasteiger charge is 2.08. The van der Waals surface area contributed by atoms with Crippen molar-refractivity contribution in [1.82, 2.24) is 14.9 Å². The minimum Gasteiger partial charge on any atom is -0.329 e. The highest BCUT2D eigenvalue weighted by molar-refractivity contribution is 5.19. The van der Waals surface area contributed by atoms with Gasteiger partial charge in [-0.15, -0.1) is 0 Å². The van der Waals surface area contributed by atoms with E-state index >= 15 is 0 Å². The Morgan fingerprint density at radius 2 is 2.11 bits per heavy atom. The van der Waals surface area contributed by atoms with Crippen molar-refractivity contribution in [1.29, 1.82) is 0 Å². The molecule has 0 aliphatic rings. The fourth-order valence-electron chi connectivity index (χ4n) is 1.78. The van der Waals surface area contributed by atoms with Gasteiger partial charge in [-0.05, 0) is 6.07 Å². The van der Waals surface area contributed by atoms with Gasteiger partial charge in [-0.3, -0.25) is 0 Å². The van der Waals surface area contributed by atoms with E-state index in [0.29, 0.717) is 24.7 Å². The zero-order valence-electron chi connectivity index (χ0n) is 11.0. The van der Waals surface area contributed by atoms with E-state index in [1.54, 1.807) is 12.5 Å². The van der Waals surface area contributed by atoms with Crippen LogP contribution in [0.1, 0.15) is 25.1 Å². The Morgan fingerprint density at radius 3 is 2.79 bits per heavy atom. The van der Waals surface area contributed by atoms with E-state index < -0.39 is 11.6 Å². The van der Waals surface area contributed by atoms with E-state index in [0.717, 1.165) is 11.8 Å². The molecule has 0 amide bonds. The van der Waals surface area contributed by atoms with Crippen molar-refractivity contribution in [3.8, 4) is 0 Å². The third-order valence-electron chi connectivity index (χ3n) is 2.85. The van der Waals surface area contributed by atoms with Gasteiger partial charge in [0, 0.05) is 30.4 Å². The number of rotatable bonds is 5. The third kappa shape index (κ3) is 3.61. The van der Waals surface area contributed by atoms with Crippen LogP contribution in [0.2, 0.25) is 0 Å². The van der Waals surface area contributed by atoms with Crippen LogP contribution in [0, 0.1) is 11.6 Å². The second kappa shape index (κ2) is 5.93. The van der Waals surface area contributed by atoms with Crippen LogP contribution in [0.15, 0.2) is 30.7 Å². The summed E-state index contributed by atoms with van der Waals surface area (Å²) in [6.45, 7) is 5.13. The second-order valence-corrected chi connectivity index (χ2v) is 4.78. The topological polar surface area (TPSA) is 29.9 Å². The van der Waals surface area contributed by atoms with Gasteiger partial charge in [0.2, 0.25) is 0 Å². The van der Waals surface area contributed by atoms with Crippen LogP contribution in [0.25, 0.3) is 0 Å². The number of aromatic nitrogens is 2. The van der Waals surface area contributed by atoms with Crippen LogP contribution < -0.4 is 5.32 Å². The fourth-order valence-corrected chi connectivity index (χ4v) is 1.78. The molecule has 0 atom stereocenters. The number of nitrogens with one attached hydrogen (secondary N) is 1. The standard InChI is InChI=1S/C14H17F2N3/c1-10(2)18-7-13-6-17-9-19(13)8-11-3-4-12(15)5-14(11)16/h3-6,9-10,18H,7-8H2,1-2H3. The lowest BCUT2D eigenvalue weighted by atomic mass is 10.2. The summed E-state index contributed by atoms with van der Waals surface area (Å²) < 4.78 is 28.3. The monoisotopic (exact) mass is 265 g/mol. The van der Waals surface area contributed by atoms with Crippen molar-refractivity contribution in [3.05, 3.63) is 53.6 Å². The van der Waals surface area contributed by atoms with Crippen LogP contribution in [0.5, 0.6) is 0 Å². The lowest BCUT2D eigenvalue weighted by Crippen LogP contribution is -2.23. The van der Waals surface area contributed by atoms with Crippen molar-refractivity contribution >= 4 is 0 Å². The van der Waals surface area contributed by atoms with Crippen molar-refractivity contribution in [2.45, 2.75) is 33.0 Å². The molecule has 19 heavy (non-hydrogen) atoms. The predicted molar refractivity (Wildman–Crippen MR) is 69.7 cm³/mol. The molecule has 1 aromatic heterocycles. The molecule has 0 unspecified atom stereocenters. The zero-order valence-corrected chi connectivity index (χ0v) is 11.0. The van der Waals surface area contributed by atoms with E-state index in [9.17, 15) is 8.78 Å². The summed E-state index contributed by atoms with van der Waals surface area (Å²) in [5, 5.41) is 3.28. The Bertz CT molecular complexity index is 549. The number of halogens is 2. The summed E-state index contributed by atoms with van der Waals surface area (Å²) >= 11 is 0. The van der Waals surface area contributed by atoms with Gasteiger partial charge in [-0.2, -0.15) is 0 Å². The largest absolute Gasteiger partial charge is 0.329 e. The highest BCUT2D eigenvalue weighted by Crippen LogP contribution is 2.12. The Hall–Kier alpha value is -1.75. The molecule has 1 N–H and O–H groups in total. The molecule has 0 saturated carbocycles. The van der Waals surface area contributed by atoms with Crippen molar-refractivity contribution in [2.24, 2.45) is 0 Å². The number of nitrogens with zero attached hydrogens (tertiary/aromatic N) is 2. The van der Waals surface area contributed by atoms with Gasteiger partial charge < -0.3 is 9.88 Å². The molecule has 0 bridgehead atoms. The first-order chi connectivity index (χ1) is 9.06. The van der Waals surface area contributed by atoms with Crippen LogP contribution in [0.4, 0.5) is 8.78 Å². The molecule has 0 radical (unpaired) electrons. The summed E-state index contributed by atoms with van der Waals surface area (Å²) in [7, 11) is 0. The van der Waals surface area contributed by atoms with E-state index in [4.69, 9.17) is 0 Å². The highest BCUT2D eigenvalue weighted by atomic mass is 19.1. The normalized spacial score (nSPS) is 11.2. The minimum atomic E-state index is -0.562. The smallest absolute Gasteiger partial charge is 0.131 e. The van der Waals surface area contributed by atoms with Gasteiger partial charge in [0.1, 0.15) is 11.6 Å². The molecule has 5 heteroatoms. The van der Waals surface area contributed by atoms with Gasteiger partial charge >= 0.3 is 0 Å². The van der Waals surface area contributed by atoms with E-state index in [2.05, 4.69) is 24.1 Å². The van der Waals surface area contributed by atoms with E-state index in [1.807, 2.05) is 4.57 Å². The Kier molecular flexibility index (Phi) is 4.27. The van der Waals surface area contributed by atoms with Gasteiger partial charge in [-0.25, -0.2) is 13.8 Å². The average molecular weight is 265 g/mol. The van der Waals surface area contributed by atoms with Crippen LogP contribution in [-0.2, 0) is 13.1 Å². The molecule has 0 spiro atoms. The predicted octanol–water partition coefficient (Wildman–Crippen LogP) is 2.71. The van der Waals surface area contributed by atoms with Gasteiger partial charge in [0.05, 0.1) is 18.6 Å². The van der Waals surface area contributed by atoms with Gasteiger partial charge in [0.15, 0.2) is 0 Å². The summed E-state index contributed by atoms with van der Waals surface area (Å²) in [4.78, 5) is 4.07. The fraction of sp³-hybridized carbons (Fsp3) is 0.357. The van der Waals surface area contributed by atoms with Crippen LogP contribution in [-0.4, -0.2) is 15.6 Å². The Labute approximate surface area is 111 Å². The first-order valence-corrected chi connectivity index (χ1v) is 6.22. The number of imidazole rings is 1. The molecular formula is C14H17F2N3. The zero-order chi connectivity index (χ0) is 13.8. The van der Waals surface area contributed by atoms with Crippen molar-refractivity contribution in [3.63, 3.8) is 0 Å². The third-order valence-corrected chi connectivity index (χ3v) is 2.85. The van der Waals surface area contributed by atoms with Crippen LogP contribution in [0.3, 0.4) is 0 Å². The summed E-state index contributed by atoms with van der Waals surface area (Å²) in [6.07, 6.45) is 3.40. The van der Waals surface area contributed by atoms with Crippen molar-refractivity contribution < 1.29 is 8.78 Å². The van der Waals surface area contributed by atoms with Gasteiger partial charge in [-0.1, -0.05) is 19.9 Å². The van der Waals surface area contributed by atoms with E-state index in [1.165, 1.54) is 12.1 Å². The SMILES string of the molecule is CC(C)NCc1cncn1Cc1ccc(F)cc1F.